The molecular weight excluding hydrogens is 294 g/mol. The quantitative estimate of drug-likeness (QED) is 0.798. The number of ketones is 1. The average molecular weight is 311 g/mol. The Bertz CT molecular complexity index is 749. The van der Waals surface area contributed by atoms with Gasteiger partial charge >= 0.3 is 0 Å². The van der Waals surface area contributed by atoms with Crippen molar-refractivity contribution in [3.05, 3.63) is 53.6 Å². The van der Waals surface area contributed by atoms with Crippen molar-refractivity contribution < 1.29 is 19.7 Å². The molecule has 2 aromatic carbocycles. The minimum atomic E-state index is -0.230. The van der Waals surface area contributed by atoms with Gasteiger partial charge in [-0.3, -0.25) is 4.79 Å². The highest BCUT2D eigenvalue weighted by atomic mass is 16.5. The van der Waals surface area contributed by atoms with Gasteiger partial charge in [-0.1, -0.05) is 25.1 Å². The first-order valence-electron chi connectivity index (χ1n) is 7.16. The van der Waals surface area contributed by atoms with E-state index >= 15 is 0 Å². The Kier molecular flexibility index (Phi) is 5.21. The molecule has 0 aromatic heterocycles. The van der Waals surface area contributed by atoms with E-state index in [0.717, 1.165) is 0 Å². The van der Waals surface area contributed by atoms with Crippen molar-refractivity contribution in [2.45, 2.75) is 19.3 Å². The maximum absolute atomic E-state index is 12.3. The van der Waals surface area contributed by atoms with Crippen molar-refractivity contribution in [2.24, 2.45) is 0 Å². The van der Waals surface area contributed by atoms with Gasteiger partial charge < -0.3 is 14.9 Å². The maximum atomic E-state index is 12.3. The molecule has 0 spiro atoms. The first kappa shape index (κ1) is 16.4. The Balaban J connectivity index is 2.12. The van der Waals surface area contributed by atoms with Crippen molar-refractivity contribution in [2.75, 3.05) is 6.61 Å². The summed E-state index contributed by atoms with van der Waals surface area (Å²) in [5.41, 5.74) is 0.880. The van der Waals surface area contributed by atoms with E-state index in [1.165, 1.54) is 12.1 Å². The molecule has 0 heterocycles. The molecule has 0 saturated heterocycles. The van der Waals surface area contributed by atoms with Crippen molar-refractivity contribution in [3.63, 3.8) is 0 Å². The Morgan fingerprint density at radius 1 is 1.22 bits per heavy atom. The molecule has 2 aromatic rings. The highest BCUT2D eigenvalue weighted by Gasteiger charge is 2.18. The van der Waals surface area contributed by atoms with E-state index < -0.39 is 0 Å². The lowest BCUT2D eigenvalue weighted by molar-refractivity contribution is 0.0973. The molecule has 23 heavy (non-hydrogen) atoms. The standard InChI is InChI=1S/C18H17NO4/c1-12(10-17(21)15-4-2-3-5-16(15)20)14-7-6-13(11-18(14)22)23-9-8-19/h2-7,11-12,20,22H,9-10H2,1H3. The molecule has 0 aliphatic heterocycles. The molecular formula is C18H17NO4. The largest absolute Gasteiger partial charge is 0.508 e. The van der Waals surface area contributed by atoms with Crippen LogP contribution in [0, 0.1) is 11.3 Å². The maximum Gasteiger partial charge on any atom is 0.174 e. The minimum Gasteiger partial charge on any atom is -0.508 e. The van der Waals surface area contributed by atoms with Crippen LogP contribution < -0.4 is 4.74 Å². The molecule has 0 radical (unpaired) electrons. The Labute approximate surface area is 134 Å². The van der Waals surface area contributed by atoms with Crippen LogP contribution >= 0.6 is 0 Å². The summed E-state index contributed by atoms with van der Waals surface area (Å²) in [6, 6.07) is 13.0. The van der Waals surface area contributed by atoms with Crippen LogP contribution in [0.4, 0.5) is 0 Å². The van der Waals surface area contributed by atoms with E-state index in [-0.39, 0.29) is 41.8 Å². The Morgan fingerprint density at radius 3 is 2.61 bits per heavy atom. The third-order valence-corrected chi connectivity index (χ3v) is 3.53. The van der Waals surface area contributed by atoms with Gasteiger partial charge in [0.15, 0.2) is 12.4 Å². The van der Waals surface area contributed by atoms with Crippen LogP contribution in [0.25, 0.3) is 0 Å². The molecule has 0 bridgehead atoms. The molecule has 0 saturated carbocycles. The van der Waals surface area contributed by atoms with E-state index in [9.17, 15) is 15.0 Å². The number of benzene rings is 2. The molecule has 0 aliphatic carbocycles. The number of para-hydroxylation sites is 1. The Hall–Kier alpha value is -3.00. The number of phenolic OH excluding ortho intramolecular Hbond substituents is 2. The second-order valence-corrected chi connectivity index (χ2v) is 5.21. The number of nitriles is 1. The number of phenols is 2. The number of hydrogen-bond acceptors (Lipinski definition) is 5. The molecule has 1 atom stereocenters. The number of carbonyl (C=O) groups excluding carboxylic acids is 1. The van der Waals surface area contributed by atoms with E-state index in [1.807, 2.05) is 13.0 Å². The molecule has 2 N–H and O–H groups in total. The number of hydrogen-bond donors (Lipinski definition) is 2. The second kappa shape index (κ2) is 7.32. The predicted octanol–water partition coefficient (Wildman–Crippen LogP) is 3.38. The first-order chi connectivity index (χ1) is 11.0. The number of Topliss-reactive ketones (excluding diaryl/α,β-unsaturated/α-hetero) is 1. The van der Waals surface area contributed by atoms with Crippen LogP contribution in [0.1, 0.15) is 35.2 Å². The summed E-state index contributed by atoms with van der Waals surface area (Å²) in [6.07, 6.45) is 0.156. The van der Waals surface area contributed by atoms with E-state index in [2.05, 4.69) is 0 Å². The lowest BCUT2D eigenvalue weighted by atomic mass is 9.92. The highest BCUT2D eigenvalue weighted by Crippen LogP contribution is 2.32. The zero-order valence-electron chi connectivity index (χ0n) is 12.7. The third kappa shape index (κ3) is 4.01. The van der Waals surface area contributed by atoms with Crippen LogP contribution in [0.5, 0.6) is 17.2 Å². The van der Waals surface area contributed by atoms with Gasteiger partial charge in [0.2, 0.25) is 0 Å². The number of ether oxygens (including phenoxy) is 1. The van der Waals surface area contributed by atoms with Crippen molar-refractivity contribution in [3.8, 4) is 23.3 Å². The molecule has 2 rings (SSSR count). The van der Waals surface area contributed by atoms with Crippen LogP contribution in [-0.4, -0.2) is 22.6 Å². The van der Waals surface area contributed by atoms with E-state index in [4.69, 9.17) is 10.00 Å². The van der Waals surface area contributed by atoms with Crippen LogP contribution in [0.3, 0.4) is 0 Å². The van der Waals surface area contributed by atoms with Crippen LogP contribution in [0.15, 0.2) is 42.5 Å². The fourth-order valence-corrected chi connectivity index (χ4v) is 2.35. The molecule has 118 valence electrons. The predicted molar refractivity (Wildman–Crippen MR) is 84.7 cm³/mol. The van der Waals surface area contributed by atoms with Gasteiger partial charge in [0.25, 0.3) is 0 Å². The van der Waals surface area contributed by atoms with Gasteiger partial charge in [0.05, 0.1) is 5.56 Å². The summed E-state index contributed by atoms with van der Waals surface area (Å²) in [5.74, 6) is -0.0637. The molecule has 0 aliphatic rings. The molecule has 5 heteroatoms. The minimum absolute atomic E-state index is 0.0121. The summed E-state index contributed by atoms with van der Waals surface area (Å²) in [5, 5.41) is 28.3. The number of nitrogens with zero attached hydrogens (tertiary/aromatic N) is 1. The Morgan fingerprint density at radius 2 is 1.96 bits per heavy atom. The fourth-order valence-electron chi connectivity index (χ4n) is 2.35. The molecule has 0 amide bonds. The summed E-state index contributed by atoms with van der Waals surface area (Å²) >= 11 is 0. The van der Waals surface area contributed by atoms with Gasteiger partial charge in [0, 0.05) is 12.5 Å². The molecule has 5 nitrogen and oxygen atoms in total. The van der Waals surface area contributed by atoms with Crippen molar-refractivity contribution in [1.29, 1.82) is 5.26 Å². The SMILES string of the molecule is CC(CC(=O)c1ccccc1O)c1ccc(OCC#N)cc1O. The second-order valence-electron chi connectivity index (χ2n) is 5.21. The number of aromatic hydroxyl groups is 2. The highest BCUT2D eigenvalue weighted by molar-refractivity contribution is 5.98. The molecule has 1 unspecified atom stereocenters. The summed E-state index contributed by atoms with van der Waals surface area (Å²) in [4.78, 5) is 12.3. The number of rotatable bonds is 6. The first-order valence-corrected chi connectivity index (χ1v) is 7.16. The van der Waals surface area contributed by atoms with Gasteiger partial charge in [-0.25, -0.2) is 0 Å². The average Bonchev–Trinajstić information content (AvgIpc) is 2.53. The lowest BCUT2D eigenvalue weighted by Crippen LogP contribution is -2.06. The fraction of sp³-hybridized carbons (Fsp3) is 0.222. The summed E-state index contributed by atoms with van der Waals surface area (Å²) in [7, 11) is 0. The normalized spacial score (nSPS) is 11.5. The smallest absolute Gasteiger partial charge is 0.174 e. The third-order valence-electron chi connectivity index (χ3n) is 3.53. The van der Waals surface area contributed by atoms with E-state index in [1.54, 1.807) is 30.3 Å². The van der Waals surface area contributed by atoms with Gasteiger partial charge in [-0.15, -0.1) is 0 Å². The van der Waals surface area contributed by atoms with Crippen LogP contribution in [-0.2, 0) is 0 Å². The number of carbonyl (C=O) groups is 1. The van der Waals surface area contributed by atoms with E-state index in [0.29, 0.717) is 11.3 Å². The van der Waals surface area contributed by atoms with Gasteiger partial charge in [-0.05, 0) is 29.7 Å². The van der Waals surface area contributed by atoms with Crippen molar-refractivity contribution >= 4 is 5.78 Å². The zero-order chi connectivity index (χ0) is 16.8. The monoisotopic (exact) mass is 311 g/mol. The lowest BCUT2D eigenvalue weighted by Gasteiger charge is -2.14. The molecule has 0 fully saturated rings. The van der Waals surface area contributed by atoms with Crippen LogP contribution in [0.2, 0.25) is 0 Å². The topological polar surface area (TPSA) is 90.5 Å². The summed E-state index contributed by atoms with van der Waals surface area (Å²) < 4.78 is 5.12. The zero-order valence-corrected chi connectivity index (χ0v) is 12.7. The van der Waals surface area contributed by atoms with Gasteiger partial charge in [0.1, 0.15) is 23.3 Å². The van der Waals surface area contributed by atoms with Crippen molar-refractivity contribution in [1.82, 2.24) is 0 Å². The van der Waals surface area contributed by atoms with Gasteiger partial charge in [-0.2, -0.15) is 5.26 Å². The summed E-state index contributed by atoms with van der Waals surface area (Å²) in [6.45, 7) is 1.73.